The molecule has 1 heterocycles. The third kappa shape index (κ3) is 11.2. The average molecular weight is 336 g/mol. The molecule has 0 aromatic rings. The number of hydrogen-bond acceptors (Lipinski definition) is 3. The van der Waals surface area contributed by atoms with Gasteiger partial charge in [-0.2, -0.15) is 0 Å². The summed E-state index contributed by atoms with van der Waals surface area (Å²) in [7, 11) is 0. The summed E-state index contributed by atoms with van der Waals surface area (Å²) in [5.74, 6) is -0.763. The van der Waals surface area contributed by atoms with Gasteiger partial charge in [-0.25, -0.2) is 0 Å². The lowest BCUT2D eigenvalue weighted by Gasteiger charge is -1.99. The number of epoxide rings is 1. The van der Waals surface area contributed by atoms with Crippen LogP contribution in [0.4, 0.5) is 0 Å². The molecule has 1 rings (SSSR count). The standard InChI is InChI=1S/C20H32O4/c1-2-3-4-5-6-10-13-18-19(24-18)16-15-17(21)12-9-7-8-11-14-20(22)23/h6-7,9-10,15-19,21H,2-5,8,11-14H2,1H3,(H,22,23)/b9-7+,10-6+,16-15+/t17-,18?,19?/m1/s1. The fraction of sp³-hybridized carbons (Fsp3) is 0.650. The number of carboxylic acids is 1. The van der Waals surface area contributed by atoms with Crippen LogP contribution in [-0.2, 0) is 9.53 Å². The van der Waals surface area contributed by atoms with Crippen LogP contribution in [0.3, 0.4) is 0 Å². The first-order chi connectivity index (χ1) is 11.6. The van der Waals surface area contributed by atoms with Crippen LogP contribution in [0.25, 0.3) is 0 Å². The quantitative estimate of drug-likeness (QED) is 0.280. The molecule has 0 aliphatic carbocycles. The zero-order valence-electron chi connectivity index (χ0n) is 14.8. The zero-order chi connectivity index (χ0) is 17.6. The van der Waals surface area contributed by atoms with Crippen molar-refractivity contribution in [1.82, 2.24) is 0 Å². The highest BCUT2D eigenvalue weighted by atomic mass is 16.6. The van der Waals surface area contributed by atoms with E-state index in [4.69, 9.17) is 9.84 Å². The maximum atomic E-state index is 10.4. The molecule has 4 heteroatoms. The summed E-state index contributed by atoms with van der Waals surface area (Å²) in [5, 5.41) is 18.4. The molecular formula is C20H32O4. The molecule has 1 aliphatic rings. The van der Waals surface area contributed by atoms with Gasteiger partial charge in [-0.3, -0.25) is 4.79 Å². The number of ether oxygens (including phenoxy) is 1. The van der Waals surface area contributed by atoms with Crippen LogP contribution in [0, 0.1) is 0 Å². The second-order valence-electron chi connectivity index (χ2n) is 6.29. The normalized spacial score (nSPS) is 21.9. The number of aliphatic carboxylic acids is 1. The molecule has 0 bridgehead atoms. The van der Waals surface area contributed by atoms with E-state index in [0.717, 1.165) is 19.3 Å². The molecule has 3 atom stereocenters. The van der Waals surface area contributed by atoms with Crippen molar-refractivity contribution in [3.8, 4) is 0 Å². The Bertz CT molecular complexity index is 425. The number of hydrogen-bond donors (Lipinski definition) is 2. The van der Waals surface area contributed by atoms with Crippen LogP contribution in [0.15, 0.2) is 36.5 Å². The predicted octanol–water partition coefficient (Wildman–Crippen LogP) is 4.40. The minimum atomic E-state index is -0.763. The first-order valence-electron chi connectivity index (χ1n) is 9.17. The van der Waals surface area contributed by atoms with Crippen molar-refractivity contribution < 1.29 is 19.7 Å². The third-order valence-corrected chi connectivity index (χ3v) is 3.96. The molecule has 1 aliphatic heterocycles. The van der Waals surface area contributed by atoms with Crippen LogP contribution in [0.1, 0.15) is 64.7 Å². The van der Waals surface area contributed by atoms with Crippen molar-refractivity contribution in [3.63, 3.8) is 0 Å². The number of rotatable bonds is 14. The molecule has 2 unspecified atom stereocenters. The number of unbranched alkanes of at least 4 members (excludes halogenated alkanes) is 4. The number of allylic oxidation sites excluding steroid dienone is 2. The third-order valence-electron chi connectivity index (χ3n) is 3.96. The van der Waals surface area contributed by atoms with Gasteiger partial charge in [0.25, 0.3) is 0 Å². The Morgan fingerprint density at radius 1 is 1.12 bits per heavy atom. The molecule has 0 saturated carbocycles. The topological polar surface area (TPSA) is 70.1 Å². The Hall–Kier alpha value is -1.39. The molecule has 1 saturated heterocycles. The molecular weight excluding hydrogens is 304 g/mol. The molecule has 0 spiro atoms. The van der Waals surface area contributed by atoms with E-state index >= 15 is 0 Å². The smallest absolute Gasteiger partial charge is 0.303 e. The second kappa shape index (κ2) is 13.0. The van der Waals surface area contributed by atoms with Crippen LogP contribution in [0.5, 0.6) is 0 Å². The molecule has 0 aromatic carbocycles. The van der Waals surface area contributed by atoms with E-state index in [2.05, 4.69) is 19.1 Å². The maximum absolute atomic E-state index is 10.4. The van der Waals surface area contributed by atoms with Gasteiger partial charge in [0.1, 0.15) is 6.10 Å². The van der Waals surface area contributed by atoms with Crippen molar-refractivity contribution >= 4 is 5.97 Å². The molecule has 0 amide bonds. The van der Waals surface area contributed by atoms with Crippen molar-refractivity contribution in [2.24, 2.45) is 0 Å². The predicted molar refractivity (Wildman–Crippen MR) is 97.0 cm³/mol. The van der Waals surface area contributed by atoms with E-state index in [1.54, 1.807) is 6.08 Å². The molecule has 2 N–H and O–H groups in total. The molecule has 136 valence electrons. The summed E-state index contributed by atoms with van der Waals surface area (Å²) in [6.45, 7) is 2.21. The Morgan fingerprint density at radius 2 is 1.88 bits per heavy atom. The summed E-state index contributed by atoms with van der Waals surface area (Å²) in [6, 6.07) is 0. The van der Waals surface area contributed by atoms with Crippen LogP contribution < -0.4 is 0 Å². The fourth-order valence-electron chi connectivity index (χ4n) is 2.42. The number of carboxylic acid groups (broad SMARTS) is 1. The van der Waals surface area contributed by atoms with Gasteiger partial charge in [-0.1, -0.05) is 56.2 Å². The van der Waals surface area contributed by atoms with E-state index < -0.39 is 12.1 Å². The molecule has 4 nitrogen and oxygen atoms in total. The van der Waals surface area contributed by atoms with Crippen molar-refractivity contribution in [3.05, 3.63) is 36.5 Å². The zero-order valence-corrected chi connectivity index (χ0v) is 14.8. The molecule has 0 radical (unpaired) electrons. The lowest BCUT2D eigenvalue weighted by atomic mass is 10.1. The van der Waals surface area contributed by atoms with Gasteiger partial charge in [-0.15, -0.1) is 0 Å². The Morgan fingerprint density at radius 3 is 2.62 bits per heavy atom. The van der Waals surface area contributed by atoms with E-state index in [-0.39, 0.29) is 18.6 Å². The number of aliphatic hydroxyl groups excluding tert-OH is 1. The van der Waals surface area contributed by atoms with Crippen LogP contribution >= 0.6 is 0 Å². The van der Waals surface area contributed by atoms with Crippen LogP contribution in [-0.4, -0.2) is 34.5 Å². The van der Waals surface area contributed by atoms with Gasteiger partial charge in [0.05, 0.1) is 12.2 Å². The summed E-state index contributed by atoms with van der Waals surface area (Å²) in [6.07, 6.45) is 19.9. The van der Waals surface area contributed by atoms with Crippen molar-refractivity contribution in [1.29, 1.82) is 0 Å². The van der Waals surface area contributed by atoms with Gasteiger partial charge in [0.2, 0.25) is 0 Å². The van der Waals surface area contributed by atoms with Crippen molar-refractivity contribution in [2.75, 3.05) is 0 Å². The maximum Gasteiger partial charge on any atom is 0.303 e. The molecule has 0 aromatic heterocycles. The van der Waals surface area contributed by atoms with Crippen molar-refractivity contribution in [2.45, 2.75) is 83.0 Å². The average Bonchev–Trinajstić information content (AvgIpc) is 3.30. The van der Waals surface area contributed by atoms with Gasteiger partial charge in [0, 0.05) is 6.42 Å². The number of carbonyl (C=O) groups is 1. The van der Waals surface area contributed by atoms with E-state index in [1.807, 2.05) is 18.2 Å². The minimum Gasteiger partial charge on any atom is -0.481 e. The molecule has 1 fully saturated rings. The van der Waals surface area contributed by atoms with E-state index in [0.29, 0.717) is 12.8 Å². The Kier molecular flexibility index (Phi) is 11.2. The minimum absolute atomic E-state index is 0.138. The highest BCUT2D eigenvalue weighted by Crippen LogP contribution is 2.27. The van der Waals surface area contributed by atoms with Crippen LogP contribution in [0.2, 0.25) is 0 Å². The SMILES string of the molecule is CCCCC/C=C/CC1OC1/C=C/[C@H](O)C/C=C/CCCC(=O)O. The fourth-order valence-corrected chi connectivity index (χ4v) is 2.42. The summed E-state index contributed by atoms with van der Waals surface area (Å²) in [5.41, 5.74) is 0. The summed E-state index contributed by atoms with van der Waals surface area (Å²) < 4.78 is 5.55. The number of aliphatic hydroxyl groups is 1. The van der Waals surface area contributed by atoms with Gasteiger partial charge >= 0.3 is 5.97 Å². The van der Waals surface area contributed by atoms with Gasteiger partial charge in [-0.05, 0) is 38.5 Å². The highest BCUT2D eigenvalue weighted by molar-refractivity contribution is 5.66. The summed E-state index contributed by atoms with van der Waals surface area (Å²) >= 11 is 0. The second-order valence-corrected chi connectivity index (χ2v) is 6.29. The first kappa shape index (κ1) is 20.7. The lowest BCUT2D eigenvalue weighted by molar-refractivity contribution is -0.137. The Balaban J connectivity index is 2.04. The van der Waals surface area contributed by atoms with E-state index in [1.165, 1.54) is 19.3 Å². The molecule has 24 heavy (non-hydrogen) atoms. The lowest BCUT2D eigenvalue weighted by Crippen LogP contribution is -2.00. The van der Waals surface area contributed by atoms with Gasteiger partial charge in [0.15, 0.2) is 0 Å². The monoisotopic (exact) mass is 336 g/mol. The van der Waals surface area contributed by atoms with E-state index in [9.17, 15) is 9.90 Å². The highest BCUT2D eigenvalue weighted by Gasteiger charge is 2.34. The summed E-state index contributed by atoms with van der Waals surface area (Å²) in [4.78, 5) is 10.4. The first-order valence-corrected chi connectivity index (χ1v) is 9.17. The Labute approximate surface area is 145 Å². The largest absolute Gasteiger partial charge is 0.481 e. The van der Waals surface area contributed by atoms with Gasteiger partial charge < -0.3 is 14.9 Å².